The summed E-state index contributed by atoms with van der Waals surface area (Å²) in [6.45, 7) is 0. The SMILES string of the molecule is COc1ccc(-c2nc3occc3c(=O)[nH]2)cc1. The Labute approximate surface area is 102 Å². The van der Waals surface area contributed by atoms with Crippen LogP contribution in [-0.4, -0.2) is 17.1 Å². The van der Waals surface area contributed by atoms with Crippen molar-refractivity contribution in [3.8, 4) is 17.1 Å². The lowest BCUT2D eigenvalue weighted by molar-refractivity contribution is 0.415. The van der Waals surface area contributed by atoms with Crippen LogP contribution in [0.3, 0.4) is 0 Å². The molecule has 90 valence electrons. The van der Waals surface area contributed by atoms with Crippen LogP contribution < -0.4 is 10.3 Å². The lowest BCUT2D eigenvalue weighted by Gasteiger charge is -2.02. The Morgan fingerprint density at radius 2 is 2.00 bits per heavy atom. The summed E-state index contributed by atoms with van der Waals surface area (Å²) >= 11 is 0. The summed E-state index contributed by atoms with van der Waals surface area (Å²) in [4.78, 5) is 18.8. The van der Waals surface area contributed by atoms with Crippen LogP contribution in [0.5, 0.6) is 5.75 Å². The molecule has 0 saturated carbocycles. The molecule has 0 amide bonds. The molecule has 3 aromatic rings. The van der Waals surface area contributed by atoms with Gasteiger partial charge < -0.3 is 14.1 Å². The number of H-pyrrole nitrogens is 1. The highest BCUT2D eigenvalue weighted by molar-refractivity contribution is 5.74. The van der Waals surface area contributed by atoms with E-state index in [9.17, 15) is 4.79 Å². The number of nitrogens with zero attached hydrogens (tertiary/aromatic N) is 1. The van der Waals surface area contributed by atoms with E-state index in [4.69, 9.17) is 9.15 Å². The molecule has 5 heteroatoms. The first kappa shape index (κ1) is 10.6. The number of fused-ring (bicyclic) bond motifs is 1. The maximum Gasteiger partial charge on any atom is 0.262 e. The normalized spacial score (nSPS) is 10.7. The number of ether oxygens (including phenoxy) is 1. The van der Waals surface area contributed by atoms with E-state index < -0.39 is 0 Å². The molecule has 18 heavy (non-hydrogen) atoms. The van der Waals surface area contributed by atoms with Gasteiger partial charge in [0.05, 0.1) is 13.4 Å². The summed E-state index contributed by atoms with van der Waals surface area (Å²) in [6.07, 6.45) is 1.45. The monoisotopic (exact) mass is 242 g/mol. The number of hydrogen-bond acceptors (Lipinski definition) is 4. The van der Waals surface area contributed by atoms with Crippen LogP contribution in [0.25, 0.3) is 22.5 Å². The minimum absolute atomic E-state index is 0.209. The molecule has 0 atom stereocenters. The Morgan fingerprint density at radius 1 is 1.22 bits per heavy atom. The third-order valence-electron chi connectivity index (χ3n) is 2.70. The fraction of sp³-hybridized carbons (Fsp3) is 0.0769. The van der Waals surface area contributed by atoms with E-state index in [2.05, 4.69) is 9.97 Å². The van der Waals surface area contributed by atoms with Crippen molar-refractivity contribution in [3.63, 3.8) is 0 Å². The molecule has 0 fully saturated rings. The zero-order valence-corrected chi connectivity index (χ0v) is 9.64. The molecule has 3 rings (SSSR count). The quantitative estimate of drug-likeness (QED) is 0.747. The minimum atomic E-state index is -0.209. The summed E-state index contributed by atoms with van der Waals surface area (Å²) in [5.41, 5.74) is 0.926. The summed E-state index contributed by atoms with van der Waals surface area (Å²) in [6, 6.07) is 8.86. The fourth-order valence-electron chi connectivity index (χ4n) is 1.75. The van der Waals surface area contributed by atoms with Gasteiger partial charge in [-0.15, -0.1) is 0 Å². The molecule has 2 heterocycles. The third-order valence-corrected chi connectivity index (χ3v) is 2.70. The van der Waals surface area contributed by atoms with Gasteiger partial charge in [0.15, 0.2) is 0 Å². The molecule has 0 aliphatic carbocycles. The molecule has 0 unspecified atom stereocenters. The molecule has 0 bridgehead atoms. The first-order chi connectivity index (χ1) is 8.78. The van der Waals surface area contributed by atoms with Crippen molar-refractivity contribution < 1.29 is 9.15 Å². The van der Waals surface area contributed by atoms with Crippen molar-refractivity contribution in [3.05, 3.63) is 46.9 Å². The first-order valence-corrected chi connectivity index (χ1v) is 5.40. The predicted molar refractivity (Wildman–Crippen MR) is 66.6 cm³/mol. The Kier molecular flexibility index (Phi) is 2.37. The number of aromatic nitrogens is 2. The van der Waals surface area contributed by atoms with Crippen molar-refractivity contribution in [2.75, 3.05) is 7.11 Å². The van der Waals surface area contributed by atoms with Crippen LogP contribution in [0.2, 0.25) is 0 Å². The molecule has 2 aromatic heterocycles. The van der Waals surface area contributed by atoms with Crippen molar-refractivity contribution in [2.24, 2.45) is 0 Å². The lowest BCUT2D eigenvalue weighted by Crippen LogP contribution is -2.08. The Hall–Kier alpha value is -2.56. The van der Waals surface area contributed by atoms with Gasteiger partial charge >= 0.3 is 0 Å². The van der Waals surface area contributed by atoms with E-state index in [-0.39, 0.29) is 5.56 Å². The first-order valence-electron chi connectivity index (χ1n) is 5.40. The zero-order valence-electron chi connectivity index (χ0n) is 9.64. The van der Waals surface area contributed by atoms with Crippen molar-refractivity contribution in [2.45, 2.75) is 0 Å². The predicted octanol–water partition coefficient (Wildman–Crippen LogP) is 2.19. The van der Waals surface area contributed by atoms with Gasteiger partial charge in [-0.2, -0.15) is 4.98 Å². The average Bonchev–Trinajstić information content (AvgIpc) is 2.88. The van der Waals surface area contributed by atoms with Crippen LogP contribution in [-0.2, 0) is 0 Å². The van der Waals surface area contributed by atoms with E-state index in [1.54, 1.807) is 13.2 Å². The van der Waals surface area contributed by atoms with Crippen LogP contribution >= 0.6 is 0 Å². The van der Waals surface area contributed by atoms with Gasteiger partial charge in [-0.05, 0) is 30.3 Å². The van der Waals surface area contributed by atoms with Crippen LogP contribution in [0, 0.1) is 0 Å². The summed E-state index contributed by atoms with van der Waals surface area (Å²) in [7, 11) is 1.60. The number of methoxy groups -OCH3 is 1. The van der Waals surface area contributed by atoms with Gasteiger partial charge in [0, 0.05) is 5.56 Å². The Morgan fingerprint density at radius 3 is 2.72 bits per heavy atom. The molecule has 0 radical (unpaired) electrons. The molecule has 0 spiro atoms. The van der Waals surface area contributed by atoms with Gasteiger partial charge in [-0.3, -0.25) is 4.79 Å². The highest BCUT2D eigenvalue weighted by Crippen LogP contribution is 2.19. The van der Waals surface area contributed by atoms with E-state index in [1.165, 1.54) is 6.26 Å². The summed E-state index contributed by atoms with van der Waals surface area (Å²) < 4.78 is 10.2. The molecule has 0 aliphatic rings. The van der Waals surface area contributed by atoms with Crippen LogP contribution in [0.1, 0.15) is 0 Å². The van der Waals surface area contributed by atoms with Crippen molar-refractivity contribution >= 4 is 11.1 Å². The maximum absolute atomic E-state index is 11.8. The molecule has 1 N–H and O–H groups in total. The molecule has 0 saturated heterocycles. The van der Waals surface area contributed by atoms with Gasteiger partial charge in [0.2, 0.25) is 5.71 Å². The van der Waals surface area contributed by atoms with E-state index in [0.29, 0.717) is 16.9 Å². The number of hydrogen-bond donors (Lipinski definition) is 1. The van der Waals surface area contributed by atoms with Crippen molar-refractivity contribution in [1.29, 1.82) is 0 Å². The summed E-state index contributed by atoms with van der Waals surface area (Å²) in [5, 5.41) is 0.451. The maximum atomic E-state index is 11.8. The van der Waals surface area contributed by atoms with Gasteiger partial charge in [-0.1, -0.05) is 0 Å². The number of nitrogens with one attached hydrogen (secondary N) is 1. The second-order valence-corrected chi connectivity index (χ2v) is 3.78. The standard InChI is InChI=1S/C13H10N2O3/c1-17-9-4-2-8(3-5-9)11-14-12(16)10-6-7-18-13(10)15-11/h2-7H,1H3,(H,14,15,16). The second kappa shape index (κ2) is 4.03. The molecule has 5 nitrogen and oxygen atoms in total. The topological polar surface area (TPSA) is 68.1 Å². The highest BCUT2D eigenvalue weighted by atomic mass is 16.5. The summed E-state index contributed by atoms with van der Waals surface area (Å²) in [5.74, 6) is 1.23. The van der Waals surface area contributed by atoms with E-state index in [1.807, 2.05) is 24.3 Å². The van der Waals surface area contributed by atoms with E-state index >= 15 is 0 Å². The molecule has 0 aliphatic heterocycles. The van der Waals surface area contributed by atoms with Gasteiger partial charge in [0.25, 0.3) is 5.56 Å². The number of aromatic amines is 1. The van der Waals surface area contributed by atoms with Crippen LogP contribution in [0.4, 0.5) is 0 Å². The average molecular weight is 242 g/mol. The number of furan rings is 1. The van der Waals surface area contributed by atoms with Gasteiger partial charge in [-0.25, -0.2) is 0 Å². The molecular formula is C13H10N2O3. The lowest BCUT2D eigenvalue weighted by atomic mass is 10.2. The van der Waals surface area contributed by atoms with Gasteiger partial charge in [0.1, 0.15) is 17.0 Å². The van der Waals surface area contributed by atoms with Crippen molar-refractivity contribution in [1.82, 2.24) is 9.97 Å². The fourth-order valence-corrected chi connectivity index (χ4v) is 1.75. The third kappa shape index (κ3) is 1.66. The Bertz CT molecular complexity index is 741. The molecule has 1 aromatic carbocycles. The number of rotatable bonds is 2. The second-order valence-electron chi connectivity index (χ2n) is 3.78. The van der Waals surface area contributed by atoms with E-state index in [0.717, 1.165) is 11.3 Å². The molecular weight excluding hydrogens is 232 g/mol. The minimum Gasteiger partial charge on any atom is -0.497 e. The largest absolute Gasteiger partial charge is 0.497 e. The number of benzene rings is 1. The zero-order chi connectivity index (χ0) is 12.5. The highest BCUT2D eigenvalue weighted by Gasteiger charge is 2.07. The Balaban J connectivity index is 2.15. The smallest absolute Gasteiger partial charge is 0.262 e. The van der Waals surface area contributed by atoms with Crippen LogP contribution in [0.15, 0.2) is 45.8 Å².